The maximum atomic E-state index is 10.9. The monoisotopic (exact) mass is 247 g/mol. The van der Waals surface area contributed by atoms with E-state index in [1.807, 2.05) is 0 Å². The predicted octanol–water partition coefficient (Wildman–Crippen LogP) is 0.00320. The Labute approximate surface area is 98.4 Å². The maximum absolute atomic E-state index is 10.9. The number of rotatable bonds is 8. The van der Waals surface area contributed by atoms with Crippen LogP contribution in [0.1, 0.15) is 26.7 Å². The SMILES string of the molecule is CC(C)C[C@H](N[C@H](CC(=O)O)C(=O)O)C(=O)O. The van der Waals surface area contributed by atoms with E-state index in [1.165, 1.54) is 0 Å². The van der Waals surface area contributed by atoms with E-state index < -0.39 is 36.4 Å². The van der Waals surface area contributed by atoms with Crippen LogP contribution < -0.4 is 5.32 Å². The van der Waals surface area contributed by atoms with Crippen LogP contribution in [0.4, 0.5) is 0 Å². The molecule has 0 aliphatic heterocycles. The first-order valence-electron chi connectivity index (χ1n) is 5.17. The van der Waals surface area contributed by atoms with E-state index in [1.54, 1.807) is 13.8 Å². The second kappa shape index (κ2) is 6.85. The van der Waals surface area contributed by atoms with Crippen molar-refractivity contribution in [1.29, 1.82) is 0 Å². The van der Waals surface area contributed by atoms with Gasteiger partial charge in [-0.2, -0.15) is 0 Å². The molecule has 2 atom stereocenters. The lowest BCUT2D eigenvalue weighted by Crippen LogP contribution is -2.48. The molecule has 7 heteroatoms. The normalized spacial score (nSPS) is 14.3. The lowest BCUT2D eigenvalue weighted by molar-refractivity contribution is -0.148. The van der Waals surface area contributed by atoms with E-state index in [0.29, 0.717) is 0 Å². The van der Waals surface area contributed by atoms with Crippen LogP contribution in [-0.2, 0) is 14.4 Å². The van der Waals surface area contributed by atoms with E-state index in [-0.39, 0.29) is 12.3 Å². The third-order valence-corrected chi connectivity index (χ3v) is 2.08. The first kappa shape index (κ1) is 15.4. The Morgan fingerprint density at radius 2 is 1.47 bits per heavy atom. The highest BCUT2D eigenvalue weighted by Gasteiger charge is 2.28. The molecule has 0 aliphatic carbocycles. The van der Waals surface area contributed by atoms with Gasteiger partial charge in [0.25, 0.3) is 0 Å². The highest BCUT2D eigenvalue weighted by atomic mass is 16.4. The zero-order valence-corrected chi connectivity index (χ0v) is 9.71. The summed E-state index contributed by atoms with van der Waals surface area (Å²) in [7, 11) is 0. The van der Waals surface area contributed by atoms with E-state index in [4.69, 9.17) is 15.3 Å². The van der Waals surface area contributed by atoms with Gasteiger partial charge >= 0.3 is 17.9 Å². The van der Waals surface area contributed by atoms with Gasteiger partial charge in [0.1, 0.15) is 12.1 Å². The molecule has 0 spiro atoms. The molecule has 17 heavy (non-hydrogen) atoms. The van der Waals surface area contributed by atoms with Crippen LogP contribution in [0.25, 0.3) is 0 Å². The van der Waals surface area contributed by atoms with Gasteiger partial charge in [-0.15, -0.1) is 0 Å². The second-order valence-electron chi connectivity index (χ2n) is 4.18. The van der Waals surface area contributed by atoms with Crippen molar-refractivity contribution < 1.29 is 29.7 Å². The van der Waals surface area contributed by atoms with Crippen LogP contribution >= 0.6 is 0 Å². The molecular weight excluding hydrogens is 230 g/mol. The molecule has 0 heterocycles. The highest BCUT2D eigenvalue weighted by Crippen LogP contribution is 2.07. The standard InChI is InChI=1S/C10H17NO6/c1-5(2)3-6(9(14)15)11-7(10(16)17)4-8(12)13/h5-7,11H,3-4H2,1-2H3,(H,12,13)(H,14,15)(H,16,17)/t6-,7+/m0/s1. The van der Waals surface area contributed by atoms with Crippen LogP contribution in [-0.4, -0.2) is 45.3 Å². The highest BCUT2D eigenvalue weighted by molar-refractivity contribution is 5.82. The molecule has 98 valence electrons. The van der Waals surface area contributed by atoms with E-state index in [0.717, 1.165) is 0 Å². The average Bonchev–Trinajstić information content (AvgIpc) is 2.13. The number of aliphatic carboxylic acids is 3. The number of carbonyl (C=O) groups is 3. The van der Waals surface area contributed by atoms with Crippen molar-refractivity contribution in [3.8, 4) is 0 Å². The quantitative estimate of drug-likeness (QED) is 0.476. The maximum Gasteiger partial charge on any atom is 0.321 e. The summed E-state index contributed by atoms with van der Waals surface area (Å²) in [4.78, 5) is 32.1. The molecule has 0 rings (SSSR count). The summed E-state index contributed by atoms with van der Waals surface area (Å²) < 4.78 is 0. The topological polar surface area (TPSA) is 124 Å². The Bertz CT molecular complexity index is 301. The fraction of sp³-hybridized carbons (Fsp3) is 0.700. The summed E-state index contributed by atoms with van der Waals surface area (Å²) in [5, 5.41) is 28.5. The van der Waals surface area contributed by atoms with Gasteiger partial charge in [0.05, 0.1) is 6.42 Å². The molecule has 4 N–H and O–H groups in total. The van der Waals surface area contributed by atoms with Gasteiger partial charge in [0, 0.05) is 0 Å². The van der Waals surface area contributed by atoms with Crippen LogP contribution in [0, 0.1) is 5.92 Å². The van der Waals surface area contributed by atoms with Gasteiger partial charge in [0.2, 0.25) is 0 Å². The summed E-state index contributed by atoms with van der Waals surface area (Å²) in [6.07, 6.45) is -0.421. The lowest BCUT2D eigenvalue weighted by atomic mass is 10.0. The summed E-state index contributed by atoms with van der Waals surface area (Å²) >= 11 is 0. The van der Waals surface area contributed by atoms with Crippen molar-refractivity contribution in [1.82, 2.24) is 5.32 Å². The molecule has 0 aromatic rings. The molecule has 0 amide bonds. The fourth-order valence-corrected chi connectivity index (χ4v) is 1.35. The third-order valence-electron chi connectivity index (χ3n) is 2.08. The van der Waals surface area contributed by atoms with Crippen molar-refractivity contribution in [2.45, 2.75) is 38.8 Å². The molecule has 0 bridgehead atoms. The van der Waals surface area contributed by atoms with Crippen LogP contribution in [0.15, 0.2) is 0 Å². The van der Waals surface area contributed by atoms with Gasteiger partial charge in [-0.1, -0.05) is 13.8 Å². The van der Waals surface area contributed by atoms with Crippen molar-refractivity contribution in [3.05, 3.63) is 0 Å². The fourth-order valence-electron chi connectivity index (χ4n) is 1.35. The van der Waals surface area contributed by atoms with Gasteiger partial charge in [-0.25, -0.2) is 0 Å². The Hall–Kier alpha value is -1.63. The van der Waals surface area contributed by atoms with Crippen molar-refractivity contribution in [3.63, 3.8) is 0 Å². The summed E-state index contributed by atoms with van der Waals surface area (Å²) in [5.41, 5.74) is 0. The molecular formula is C10H17NO6. The zero-order valence-electron chi connectivity index (χ0n) is 9.71. The molecule has 7 nitrogen and oxygen atoms in total. The van der Waals surface area contributed by atoms with E-state index in [9.17, 15) is 14.4 Å². The summed E-state index contributed by atoms with van der Waals surface area (Å²) in [6, 6.07) is -2.46. The smallest absolute Gasteiger partial charge is 0.321 e. The number of hydrogen-bond donors (Lipinski definition) is 4. The third kappa shape index (κ3) is 6.52. The minimum absolute atomic E-state index is 0.0582. The number of carboxylic acid groups (broad SMARTS) is 3. The number of nitrogens with one attached hydrogen (secondary N) is 1. The van der Waals surface area contributed by atoms with E-state index >= 15 is 0 Å². The van der Waals surface area contributed by atoms with Crippen molar-refractivity contribution >= 4 is 17.9 Å². The number of carboxylic acids is 3. The molecule has 0 aliphatic rings. The summed E-state index contributed by atoms with van der Waals surface area (Å²) in [5.74, 6) is -3.79. The summed E-state index contributed by atoms with van der Waals surface area (Å²) in [6.45, 7) is 3.59. The van der Waals surface area contributed by atoms with Gasteiger partial charge in [0.15, 0.2) is 0 Å². The first-order valence-corrected chi connectivity index (χ1v) is 5.17. The predicted molar refractivity (Wildman–Crippen MR) is 57.7 cm³/mol. The van der Waals surface area contributed by atoms with Crippen molar-refractivity contribution in [2.75, 3.05) is 0 Å². The van der Waals surface area contributed by atoms with Crippen LogP contribution in [0.5, 0.6) is 0 Å². The van der Waals surface area contributed by atoms with Crippen molar-refractivity contribution in [2.24, 2.45) is 5.92 Å². The molecule has 0 aromatic carbocycles. The molecule has 0 saturated heterocycles. The second-order valence-corrected chi connectivity index (χ2v) is 4.18. The largest absolute Gasteiger partial charge is 0.481 e. The number of hydrogen-bond acceptors (Lipinski definition) is 4. The first-order chi connectivity index (χ1) is 7.73. The minimum atomic E-state index is -1.40. The minimum Gasteiger partial charge on any atom is -0.481 e. The molecule has 0 fully saturated rings. The molecule has 0 radical (unpaired) electrons. The van der Waals surface area contributed by atoms with Gasteiger partial charge < -0.3 is 15.3 Å². The Morgan fingerprint density at radius 1 is 1.00 bits per heavy atom. The van der Waals surface area contributed by atoms with Crippen LogP contribution in [0.3, 0.4) is 0 Å². The Balaban J connectivity index is 4.61. The Kier molecular flexibility index (Phi) is 6.19. The average molecular weight is 247 g/mol. The molecule has 0 aromatic heterocycles. The van der Waals surface area contributed by atoms with Gasteiger partial charge in [-0.05, 0) is 12.3 Å². The Morgan fingerprint density at radius 3 is 1.76 bits per heavy atom. The molecule has 0 saturated carbocycles. The lowest BCUT2D eigenvalue weighted by Gasteiger charge is -2.20. The van der Waals surface area contributed by atoms with E-state index in [2.05, 4.69) is 5.32 Å². The zero-order chi connectivity index (χ0) is 13.6. The van der Waals surface area contributed by atoms with Gasteiger partial charge in [-0.3, -0.25) is 19.7 Å². The van der Waals surface area contributed by atoms with Crippen LogP contribution in [0.2, 0.25) is 0 Å². The molecule has 0 unspecified atom stereocenters.